The standard InChI is InChI=1S/C16H14N2O3S/c17-10-14-8-4-5-9-16(14)22(19,20)18-11-15(21-12-18)13-6-2-1-3-7-13/h1-9,15H,11-12H2. The topological polar surface area (TPSA) is 70.4 Å². The Morgan fingerprint density at radius 1 is 1.09 bits per heavy atom. The maximum absolute atomic E-state index is 12.7. The van der Waals surface area contributed by atoms with Crippen LogP contribution < -0.4 is 0 Å². The lowest BCUT2D eigenvalue weighted by molar-refractivity contribution is 0.104. The average Bonchev–Trinajstić information content (AvgIpc) is 3.06. The quantitative estimate of drug-likeness (QED) is 0.871. The number of rotatable bonds is 3. The minimum absolute atomic E-state index is 0.0122. The molecular formula is C16H14N2O3S. The molecule has 1 saturated heterocycles. The molecule has 112 valence electrons. The molecule has 5 nitrogen and oxygen atoms in total. The summed E-state index contributed by atoms with van der Waals surface area (Å²) in [7, 11) is -3.74. The van der Waals surface area contributed by atoms with Gasteiger partial charge >= 0.3 is 0 Å². The Bertz CT molecular complexity index is 813. The largest absolute Gasteiger partial charge is 0.356 e. The smallest absolute Gasteiger partial charge is 0.246 e. The molecule has 0 N–H and O–H groups in total. The van der Waals surface area contributed by atoms with Gasteiger partial charge in [-0.3, -0.25) is 0 Å². The van der Waals surface area contributed by atoms with Crippen LogP contribution >= 0.6 is 0 Å². The van der Waals surface area contributed by atoms with Gasteiger partial charge in [-0.15, -0.1) is 0 Å². The van der Waals surface area contributed by atoms with Crippen LogP contribution in [0.1, 0.15) is 17.2 Å². The predicted octanol–water partition coefficient (Wildman–Crippen LogP) is 2.28. The summed E-state index contributed by atoms with van der Waals surface area (Å²) < 4.78 is 32.2. The highest BCUT2D eigenvalue weighted by Crippen LogP contribution is 2.29. The van der Waals surface area contributed by atoms with E-state index < -0.39 is 10.0 Å². The molecule has 1 aliphatic rings. The van der Waals surface area contributed by atoms with Gasteiger partial charge in [0.15, 0.2) is 0 Å². The third kappa shape index (κ3) is 2.62. The van der Waals surface area contributed by atoms with Crippen LogP contribution in [0.2, 0.25) is 0 Å². The van der Waals surface area contributed by atoms with Gasteiger partial charge in [0.05, 0.1) is 11.7 Å². The second-order valence-electron chi connectivity index (χ2n) is 4.94. The number of nitriles is 1. The van der Waals surface area contributed by atoms with Crippen molar-refractivity contribution in [2.75, 3.05) is 13.3 Å². The van der Waals surface area contributed by atoms with Gasteiger partial charge < -0.3 is 4.74 Å². The zero-order chi connectivity index (χ0) is 15.6. The fraction of sp³-hybridized carbons (Fsp3) is 0.188. The van der Waals surface area contributed by atoms with Crippen LogP contribution in [0.25, 0.3) is 0 Å². The monoisotopic (exact) mass is 314 g/mol. The first-order chi connectivity index (χ1) is 10.6. The van der Waals surface area contributed by atoms with Crippen LogP contribution in [0.4, 0.5) is 0 Å². The predicted molar refractivity (Wildman–Crippen MR) is 80.2 cm³/mol. The second-order valence-corrected chi connectivity index (χ2v) is 6.85. The molecule has 0 radical (unpaired) electrons. The fourth-order valence-corrected chi connectivity index (χ4v) is 3.87. The third-order valence-electron chi connectivity index (χ3n) is 3.59. The fourth-order valence-electron chi connectivity index (χ4n) is 2.42. The molecule has 1 fully saturated rings. The highest BCUT2D eigenvalue weighted by atomic mass is 32.2. The molecule has 1 aliphatic heterocycles. The Hall–Kier alpha value is -2.20. The number of nitrogens with zero attached hydrogens (tertiary/aromatic N) is 2. The summed E-state index contributed by atoms with van der Waals surface area (Å²) >= 11 is 0. The van der Waals surface area contributed by atoms with E-state index in [2.05, 4.69) is 0 Å². The minimum atomic E-state index is -3.74. The van der Waals surface area contributed by atoms with E-state index in [4.69, 9.17) is 10.00 Å². The summed E-state index contributed by atoms with van der Waals surface area (Å²) in [4.78, 5) is 0.0230. The van der Waals surface area contributed by atoms with Crippen molar-refractivity contribution in [1.29, 1.82) is 5.26 Å². The third-order valence-corrected chi connectivity index (χ3v) is 5.43. The number of hydrogen-bond acceptors (Lipinski definition) is 4. The molecule has 22 heavy (non-hydrogen) atoms. The van der Waals surface area contributed by atoms with Gasteiger partial charge in [-0.25, -0.2) is 8.42 Å². The molecule has 2 aromatic carbocycles. The van der Waals surface area contributed by atoms with Crippen LogP contribution in [0.3, 0.4) is 0 Å². The van der Waals surface area contributed by atoms with E-state index in [0.29, 0.717) is 0 Å². The Morgan fingerprint density at radius 3 is 2.50 bits per heavy atom. The maximum atomic E-state index is 12.7. The summed E-state index contributed by atoms with van der Waals surface area (Å²) in [5, 5.41) is 9.09. The molecular weight excluding hydrogens is 300 g/mol. The van der Waals surface area contributed by atoms with Gasteiger partial charge in [0.2, 0.25) is 10.0 Å². The molecule has 2 aromatic rings. The molecule has 0 saturated carbocycles. The van der Waals surface area contributed by atoms with E-state index in [1.807, 2.05) is 36.4 Å². The van der Waals surface area contributed by atoms with Crippen molar-refractivity contribution in [1.82, 2.24) is 4.31 Å². The summed E-state index contributed by atoms with van der Waals surface area (Å²) in [5.41, 5.74) is 1.08. The van der Waals surface area contributed by atoms with Crippen molar-refractivity contribution in [3.63, 3.8) is 0 Å². The van der Waals surface area contributed by atoms with Crippen LogP contribution in [-0.2, 0) is 14.8 Å². The molecule has 0 amide bonds. The van der Waals surface area contributed by atoms with Crippen molar-refractivity contribution in [3.8, 4) is 6.07 Å². The highest BCUT2D eigenvalue weighted by molar-refractivity contribution is 7.89. The van der Waals surface area contributed by atoms with E-state index in [0.717, 1.165) is 5.56 Å². The second kappa shape index (κ2) is 5.89. The van der Waals surface area contributed by atoms with Gasteiger partial charge in [-0.05, 0) is 17.7 Å². The summed E-state index contributed by atoms with van der Waals surface area (Å²) in [5.74, 6) is 0. The molecule has 6 heteroatoms. The van der Waals surface area contributed by atoms with Gasteiger partial charge in [0.1, 0.15) is 17.7 Å². The summed E-state index contributed by atoms with van der Waals surface area (Å²) in [6.07, 6.45) is -0.287. The first-order valence-corrected chi connectivity index (χ1v) is 8.23. The van der Waals surface area contributed by atoms with E-state index in [9.17, 15) is 8.42 Å². The molecule has 1 unspecified atom stereocenters. The maximum Gasteiger partial charge on any atom is 0.246 e. The van der Waals surface area contributed by atoms with E-state index in [1.54, 1.807) is 12.1 Å². The van der Waals surface area contributed by atoms with Crippen LogP contribution in [0.15, 0.2) is 59.5 Å². The molecule has 1 heterocycles. The Kier molecular flexibility index (Phi) is 3.94. The zero-order valence-electron chi connectivity index (χ0n) is 11.7. The van der Waals surface area contributed by atoms with Gasteiger partial charge in [0.25, 0.3) is 0 Å². The van der Waals surface area contributed by atoms with Crippen molar-refractivity contribution in [2.45, 2.75) is 11.0 Å². The number of ether oxygens (including phenoxy) is 1. The lowest BCUT2D eigenvalue weighted by Crippen LogP contribution is -2.29. The first-order valence-electron chi connectivity index (χ1n) is 6.79. The molecule has 0 aromatic heterocycles. The lowest BCUT2D eigenvalue weighted by atomic mass is 10.1. The van der Waals surface area contributed by atoms with Crippen LogP contribution in [-0.4, -0.2) is 26.0 Å². The Labute approximate surface area is 129 Å². The molecule has 0 aliphatic carbocycles. The van der Waals surface area contributed by atoms with Gasteiger partial charge in [0, 0.05) is 6.54 Å². The van der Waals surface area contributed by atoms with Gasteiger partial charge in [-0.2, -0.15) is 9.57 Å². The normalized spacial score (nSPS) is 19.0. The van der Waals surface area contributed by atoms with Crippen molar-refractivity contribution < 1.29 is 13.2 Å². The molecule has 1 atom stereocenters. The summed E-state index contributed by atoms with van der Waals surface area (Å²) in [6.45, 7) is 0.230. The Balaban J connectivity index is 1.88. The SMILES string of the molecule is N#Cc1ccccc1S(=O)(=O)N1COC(c2ccccc2)C1. The first kappa shape index (κ1) is 14.7. The molecule has 3 rings (SSSR count). The summed E-state index contributed by atoms with van der Waals surface area (Å²) in [6, 6.07) is 17.6. The van der Waals surface area contributed by atoms with Gasteiger partial charge in [-0.1, -0.05) is 42.5 Å². The van der Waals surface area contributed by atoms with Crippen LogP contribution in [0.5, 0.6) is 0 Å². The molecule has 0 bridgehead atoms. The van der Waals surface area contributed by atoms with Crippen molar-refractivity contribution in [3.05, 3.63) is 65.7 Å². The van der Waals surface area contributed by atoms with E-state index in [1.165, 1.54) is 16.4 Å². The van der Waals surface area contributed by atoms with Crippen molar-refractivity contribution in [2.24, 2.45) is 0 Å². The van der Waals surface area contributed by atoms with E-state index >= 15 is 0 Å². The highest BCUT2D eigenvalue weighted by Gasteiger charge is 2.35. The van der Waals surface area contributed by atoms with Crippen molar-refractivity contribution >= 4 is 10.0 Å². The lowest BCUT2D eigenvalue weighted by Gasteiger charge is -2.15. The van der Waals surface area contributed by atoms with E-state index in [-0.39, 0.29) is 29.8 Å². The minimum Gasteiger partial charge on any atom is -0.356 e. The Morgan fingerprint density at radius 2 is 1.77 bits per heavy atom. The average molecular weight is 314 g/mol. The number of hydrogen-bond donors (Lipinski definition) is 0. The molecule has 0 spiro atoms. The zero-order valence-corrected chi connectivity index (χ0v) is 12.5. The van der Waals surface area contributed by atoms with Crippen LogP contribution in [0, 0.1) is 11.3 Å². The number of benzene rings is 2. The number of sulfonamides is 1.